The van der Waals surface area contributed by atoms with Crippen LogP contribution < -0.4 is 14.8 Å². The Labute approximate surface area is 131 Å². The Morgan fingerprint density at radius 3 is 2.36 bits per heavy atom. The highest BCUT2D eigenvalue weighted by Crippen LogP contribution is 2.25. The first-order chi connectivity index (χ1) is 10.7. The fourth-order valence-electron chi connectivity index (χ4n) is 2.13. The molecule has 0 aromatic heterocycles. The van der Waals surface area contributed by atoms with Crippen molar-refractivity contribution in [2.24, 2.45) is 0 Å². The molecule has 4 heteroatoms. The molecule has 0 aliphatic heterocycles. The second-order valence-electron chi connectivity index (χ2n) is 4.95. The third-order valence-corrected chi connectivity index (χ3v) is 3.33. The Kier molecular flexibility index (Phi) is 5.83. The number of carbonyl (C=O) groups excluding carboxylic acids is 1. The number of ether oxygens (including phenoxy) is 2. The van der Waals surface area contributed by atoms with Gasteiger partial charge in [0.25, 0.3) is 0 Å². The average Bonchev–Trinajstić information content (AvgIpc) is 2.56. The van der Waals surface area contributed by atoms with Gasteiger partial charge in [-0.3, -0.25) is 4.79 Å². The Hall–Kier alpha value is -2.49. The van der Waals surface area contributed by atoms with E-state index in [1.807, 2.05) is 61.5 Å². The van der Waals surface area contributed by atoms with Crippen LogP contribution in [0, 0.1) is 0 Å². The number of para-hydroxylation sites is 2. The molecule has 0 aliphatic rings. The summed E-state index contributed by atoms with van der Waals surface area (Å²) in [5, 5.41) is 2.96. The third kappa shape index (κ3) is 4.52. The highest BCUT2D eigenvalue weighted by molar-refractivity contribution is 5.76. The lowest BCUT2D eigenvalue weighted by Crippen LogP contribution is -2.27. The summed E-state index contributed by atoms with van der Waals surface area (Å²) < 4.78 is 10.8. The molecule has 1 unspecified atom stereocenters. The molecule has 1 atom stereocenters. The van der Waals surface area contributed by atoms with Crippen LogP contribution >= 0.6 is 0 Å². The van der Waals surface area contributed by atoms with Crippen molar-refractivity contribution in [2.45, 2.75) is 19.4 Å². The van der Waals surface area contributed by atoms with Crippen molar-refractivity contribution in [1.82, 2.24) is 5.32 Å². The SMILES string of the molecule is COc1ccccc1OCCC(=O)NC(C)c1ccccc1. The molecule has 2 aromatic rings. The van der Waals surface area contributed by atoms with Crippen LogP contribution in [0.3, 0.4) is 0 Å². The van der Waals surface area contributed by atoms with Gasteiger partial charge in [-0.15, -0.1) is 0 Å². The molecule has 2 aromatic carbocycles. The third-order valence-electron chi connectivity index (χ3n) is 3.33. The van der Waals surface area contributed by atoms with Gasteiger partial charge in [0.15, 0.2) is 11.5 Å². The predicted octanol–water partition coefficient (Wildman–Crippen LogP) is 3.34. The van der Waals surface area contributed by atoms with Crippen LogP contribution in [0.25, 0.3) is 0 Å². The molecule has 1 N–H and O–H groups in total. The molecular weight excluding hydrogens is 278 g/mol. The standard InChI is InChI=1S/C18H21NO3/c1-14(15-8-4-3-5-9-15)19-18(20)12-13-22-17-11-7-6-10-16(17)21-2/h3-11,14H,12-13H2,1-2H3,(H,19,20). The topological polar surface area (TPSA) is 47.6 Å². The molecule has 0 radical (unpaired) electrons. The van der Waals surface area contributed by atoms with Crippen LogP contribution in [0.1, 0.15) is 24.9 Å². The maximum Gasteiger partial charge on any atom is 0.223 e. The van der Waals surface area contributed by atoms with Gasteiger partial charge in [-0.1, -0.05) is 42.5 Å². The molecule has 2 rings (SSSR count). The molecule has 0 spiro atoms. The van der Waals surface area contributed by atoms with Crippen molar-refractivity contribution >= 4 is 5.91 Å². The molecule has 0 saturated carbocycles. The van der Waals surface area contributed by atoms with Gasteiger partial charge < -0.3 is 14.8 Å². The fourth-order valence-corrected chi connectivity index (χ4v) is 2.13. The number of amides is 1. The summed E-state index contributed by atoms with van der Waals surface area (Å²) in [7, 11) is 1.59. The summed E-state index contributed by atoms with van der Waals surface area (Å²) in [6, 6.07) is 17.3. The van der Waals surface area contributed by atoms with E-state index in [9.17, 15) is 4.79 Å². The van der Waals surface area contributed by atoms with Gasteiger partial charge >= 0.3 is 0 Å². The zero-order valence-corrected chi connectivity index (χ0v) is 12.9. The lowest BCUT2D eigenvalue weighted by Gasteiger charge is -2.15. The number of carbonyl (C=O) groups is 1. The van der Waals surface area contributed by atoms with E-state index in [4.69, 9.17) is 9.47 Å². The van der Waals surface area contributed by atoms with Crippen LogP contribution in [0.4, 0.5) is 0 Å². The number of hydrogen-bond donors (Lipinski definition) is 1. The second-order valence-corrected chi connectivity index (χ2v) is 4.95. The van der Waals surface area contributed by atoms with Crippen molar-refractivity contribution < 1.29 is 14.3 Å². The number of rotatable bonds is 7. The van der Waals surface area contributed by atoms with Gasteiger partial charge in [0.05, 0.1) is 26.2 Å². The van der Waals surface area contributed by atoms with E-state index in [0.29, 0.717) is 24.5 Å². The summed E-state index contributed by atoms with van der Waals surface area (Å²) >= 11 is 0. The van der Waals surface area contributed by atoms with Crippen LogP contribution in [0.15, 0.2) is 54.6 Å². The minimum Gasteiger partial charge on any atom is -0.493 e. The van der Waals surface area contributed by atoms with Crippen molar-refractivity contribution in [1.29, 1.82) is 0 Å². The first-order valence-corrected chi connectivity index (χ1v) is 7.31. The van der Waals surface area contributed by atoms with E-state index < -0.39 is 0 Å². The predicted molar refractivity (Wildman–Crippen MR) is 86.1 cm³/mol. The van der Waals surface area contributed by atoms with Crippen molar-refractivity contribution in [2.75, 3.05) is 13.7 Å². The van der Waals surface area contributed by atoms with Crippen LogP contribution in [0.2, 0.25) is 0 Å². The van der Waals surface area contributed by atoms with Crippen LogP contribution in [-0.4, -0.2) is 19.6 Å². The maximum atomic E-state index is 11.9. The molecule has 4 nitrogen and oxygen atoms in total. The molecule has 0 aliphatic carbocycles. The van der Waals surface area contributed by atoms with E-state index in [-0.39, 0.29) is 11.9 Å². The van der Waals surface area contributed by atoms with Gasteiger partial charge in [-0.2, -0.15) is 0 Å². The molecule has 0 saturated heterocycles. The molecule has 0 heterocycles. The first-order valence-electron chi connectivity index (χ1n) is 7.31. The smallest absolute Gasteiger partial charge is 0.223 e. The quantitative estimate of drug-likeness (QED) is 0.853. The summed E-state index contributed by atoms with van der Waals surface area (Å²) in [5.41, 5.74) is 1.08. The van der Waals surface area contributed by atoms with Gasteiger partial charge in [0, 0.05) is 0 Å². The highest BCUT2D eigenvalue weighted by Gasteiger charge is 2.10. The Balaban J connectivity index is 1.78. The zero-order valence-electron chi connectivity index (χ0n) is 12.9. The van der Waals surface area contributed by atoms with E-state index in [1.54, 1.807) is 7.11 Å². The minimum absolute atomic E-state index is 0.0139. The lowest BCUT2D eigenvalue weighted by molar-refractivity contribution is -0.122. The van der Waals surface area contributed by atoms with Crippen molar-refractivity contribution in [3.8, 4) is 11.5 Å². The average molecular weight is 299 g/mol. The first kappa shape index (κ1) is 15.9. The second kappa shape index (κ2) is 8.08. The van der Waals surface area contributed by atoms with Gasteiger partial charge in [0.1, 0.15) is 0 Å². The van der Waals surface area contributed by atoms with Gasteiger partial charge in [-0.25, -0.2) is 0 Å². The monoisotopic (exact) mass is 299 g/mol. The molecule has 116 valence electrons. The van der Waals surface area contributed by atoms with Crippen molar-refractivity contribution in [3.05, 3.63) is 60.2 Å². The van der Waals surface area contributed by atoms with E-state index in [1.165, 1.54) is 0 Å². The largest absolute Gasteiger partial charge is 0.493 e. The Bertz CT molecular complexity index is 598. The number of hydrogen-bond acceptors (Lipinski definition) is 3. The van der Waals surface area contributed by atoms with Gasteiger partial charge in [-0.05, 0) is 24.6 Å². The van der Waals surface area contributed by atoms with Crippen LogP contribution in [0.5, 0.6) is 11.5 Å². The summed E-state index contributed by atoms with van der Waals surface area (Å²) in [6.07, 6.45) is 0.301. The minimum atomic E-state index is -0.0359. The normalized spacial score (nSPS) is 11.5. The molecule has 22 heavy (non-hydrogen) atoms. The molecule has 0 fully saturated rings. The molecule has 1 amide bonds. The van der Waals surface area contributed by atoms with Gasteiger partial charge in [0.2, 0.25) is 5.91 Å². The highest BCUT2D eigenvalue weighted by atomic mass is 16.5. The molecule has 0 bridgehead atoms. The summed E-state index contributed by atoms with van der Waals surface area (Å²) in [6.45, 7) is 2.28. The zero-order chi connectivity index (χ0) is 15.8. The number of methoxy groups -OCH3 is 1. The Morgan fingerprint density at radius 2 is 1.68 bits per heavy atom. The van der Waals surface area contributed by atoms with E-state index >= 15 is 0 Å². The Morgan fingerprint density at radius 1 is 1.05 bits per heavy atom. The van der Waals surface area contributed by atoms with Crippen LogP contribution in [-0.2, 0) is 4.79 Å². The fraction of sp³-hybridized carbons (Fsp3) is 0.278. The molecular formula is C18H21NO3. The van der Waals surface area contributed by atoms with Crippen molar-refractivity contribution in [3.63, 3.8) is 0 Å². The van der Waals surface area contributed by atoms with E-state index in [2.05, 4.69) is 5.32 Å². The summed E-state index contributed by atoms with van der Waals surface area (Å²) in [5.74, 6) is 1.28. The van der Waals surface area contributed by atoms with E-state index in [0.717, 1.165) is 5.56 Å². The number of benzene rings is 2. The summed E-state index contributed by atoms with van der Waals surface area (Å²) in [4.78, 5) is 11.9. The maximum absolute atomic E-state index is 11.9. The lowest BCUT2D eigenvalue weighted by atomic mass is 10.1. The number of nitrogens with one attached hydrogen (secondary N) is 1.